The third-order valence-electron chi connectivity index (χ3n) is 3.00. The van der Waals surface area contributed by atoms with Crippen LogP contribution in [0.1, 0.15) is 12.0 Å². The fourth-order valence-electron chi connectivity index (χ4n) is 1.82. The molecule has 0 spiro atoms. The minimum Gasteiger partial charge on any atom is -0.379 e. The van der Waals surface area contributed by atoms with Gasteiger partial charge in [0, 0.05) is 29.0 Å². The van der Waals surface area contributed by atoms with Crippen LogP contribution >= 0.6 is 12.6 Å². The summed E-state index contributed by atoms with van der Waals surface area (Å²) in [4.78, 5) is 0. The molecule has 2 atom stereocenters. The number of thiol groups is 1. The first-order valence-corrected chi connectivity index (χ1v) is 6.09. The summed E-state index contributed by atoms with van der Waals surface area (Å²) >= 11 is 4.32. The van der Waals surface area contributed by atoms with Crippen molar-refractivity contribution in [2.24, 2.45) is 11.8 Å². The fraction of sp³-hybridized carbons (Fsp3) is 0.462. The maximum atomic E-state index is 5.69. The van der Waals surface area contributed by atoms with Crippen LogP contribution in [0.15, 0.2) is 30.3 Å². The van der Waals surface area contributed by atoms with Gasteiger partial charge in [-0.15, -0.1) is 5.92 Å². The second-order valence-electron chi connectivity index (χ2n) is 4.08. The van der Waals surface area contributed by atoms with Gasteiger partial charge in [0.2, 0.25) is 0 Å². The summed E-state index contributed by atoms with van der Waals surface area (Å²) < 4.78 is 5.69. The van der Waals surface area contributed by atoms with E-state index >= 15 is 0 Å². The van der Waals surface area contributed by atoms with Gasteiger partial charge in [-0.1, -0.05) is 36.2 Å². The van der Waals surface area contributed by atoms with Crippen LogP contribution in [0, 0.1) is 18.3 Å². The van der Waals surface area contributed by atoms with E-state index in [1.807, 2.05) is 18.2 Å². The molecule has 0 bridgehead atoms. The molecular weight excluding hydrogens is 385 g/mol. The van der Waals surface area contributed by atoms with Crippen molar-refractivity contribution < 1.29 is 27.1 Å². The Labute approximate surface area is 119 Å². The van der Waals surface area contributed by atoms with E-state index in [0.29, 0.717) is 5.92 Å². The van der Waals surface area contributed by atoms with Crippen LogP contribution in [0.4, 0.5) is 0 Å². The second-order valence-corrected chi connectivity index (χ2v) is 4.44. The van der Waals surface area contributed by atoms with Gasteiger partial charge in [0.25, 0.3) is 0 Å². The zero-order chi connectivity index (χ0) is 10.5. The SMILES string of the molecule is SCC1C[CH-]C1COCc1ccccc1.[Ta]. The standard InChI is InChI=1S/C13H17OS.Ta/c15-10-13-7-6-12(13)9-14-8-11-4-2-1-3-5-11;/h1-6,12-13,15H,7-10H2;/q-1;. The van der Waals surface area contributed by atoms with E-state index in [4.69, 9.17) is 4.74 Å². The molecule has 1 aliphatic carbocycles. The Bertz CT molecular complexity index is 289. The molecule has 1 radical (unpaired) electrons. The molecule has 0 heterocycles. The van der Waals surface area contributed by atoms with Crippen molar-refractivity contribution in [1.82, 2.24) is 0 Å². The maximum Gasteiger partial charge on any atom is 0.0715 e. The molecule has 1 aromatic carbocycles. The zero-order valence-corrected chi connectivity index (χ0v) is 13.4. The van der Waals surface area contributed by atoms with E-state index in [9.17, 15) is 0 Å². The van der Waals surface area contributed by atoms with Gasteiger partial charge in [0.1, 0.15) is 0 Å². The van der Waals surface area contributed by atoms with Gasteiger partial charge in [0.15, 0.2) is 0 Å². The van der Waals surface area contributed by atoms with Crippen molar-refractivity contribution in [3.05, 3.63) is 42.3 Å². The molecule has 0 aromatic heterocycles. The third kappa shape index (κ3) is 3.94. The average Bonchev–Trinajstić information content (AvgIpc) is 2.25. The van der Waals surface area contributed by atoms with Gasteiger partial charge in [0.05, 0.1) is 6.61 Å². The van der Waals surface area contributed by atoms with Gasteiger partial charge < -0.3 is 11.2 Å². The Balaban J connectivity index is 0.00000128. The first kappa shape index (κ1) is 14.3. The summed E-state index contributed by atoms with van der Waals surface area (Å²) in [6, 6.07) is 10.3. The van der Waals surface area contributed by atoms with Crippen LogP contribution in [-0.2, 0) is 33.7 Å². The molecule has 1 fully saturated rings. The first-order valence-electron chi connectivity index (χ1n) is 5.46. The topological polar surface area (TPSA) is 9.23 Å². The van der Waals surface area contributed by atoms with Gasteiger partial charge in [-0.05, 0) is 11.3 Å². The average molecular weight is 402 g/mol. The van der Waals surface area contributed by atoms with Crippen LogP contribution in [0.3, 0.4) is 0 Å². The molecule has 0 aliphatic heterocycles. The summed E-state index contributed by atoms with van der Waals surface area (Å²) in [6.45, 7) is 1.57. The van der Waals surface area contributed by atoms with E-state index in [2.05, 4.69) is 31.2 Å². The second kappa shape index (κ2) is 7.57. The van der Waals surface area contributed by atoms with Crippen LogP contribution < -0.4 is 0 Å². The first-order chi connectivity index (χ1) is 7.40. The predicted molar refractivity (Wildman–Crippen MR) is 65.8 cm³/mol. The fourth-order valence-corrected chi connectivity index (χ4v) is 2.24. The monoisotopic (exact) mass is 402 g/mol. The minimum absolute atomic E-state index is 0. The predicted octanol–water partition coefficient (Wildman–Crippen LogP) is 2.97. The van der Waals surface area contributed by atoms with Crippen molar-refractivity contribution in [3.8, 4) is 0 Å². The minimum atomic E-state index is 0. The third-order valence-corrected chi connectivity index (χ3v) is 3.47. The van der Waals surface area contributed by atoms with E-state index in [1.54, 1.807) is 0 Å². The Morgan fingerprint density at radius 3 is 2.62 bits per heavy atom. The quantitative estimate of drug-likeness (QED) is 0.589. The summed E-state index contributed by atoms with van der Waals surface area (Å²) in [6.07, 6.45) is 3.55. The van der Waals surface area contributed by atoms with Crippen LogP contribution in [0.2, 0.25) is 0 Å². The van der Waals surface area contributed by atoms with E-state index in [1.165, 1.54) is 12.0 Å². The summed E-state index contributed by atoms with van der Waals surface area (Å²) in [5.74, 6) is 2.35. The molecule has 2 rings (SSSR count). The number of hydrogen-bond donors (Lipinski definition) is 1. The van der Waals surface area contributed by atoms with Crippen LogP contribution in [-0.4, -0.2) is 12.4 Å². The molecule has 1 aliphatic rings. The zero-order valence-electron chi connectivity index (χ0n) is 9.25. The van der Waals surface area contributed by atoms with Crippen molar-refractivity contribution >= 4 is 12.6 Å². The number of ether oxygens (including phenoxy) is 1. The molecule has 1 saturated carbocycles. The van der Waals surface area contributed by atoms with Crippen molar-refractivity contribution in [2.75, 3.05) is 12.4 Å². The maximum absolute atomic E-state index is 5.69. The number of hydrogen-bond acceptors (Lipinski definition) is 2. The summed E-state index contributed by atoms with van der Waals surface area (Å²) in [7, 11) is 0. The summed E-state index contributed by atoms with van der Waals surface area (Å²) in [5, 5.41) is 0. The number of rotatable bonds is 5. The Hall–Kier alpha value is 0.270. The van der Waals surface area contributed by atoms with E-state index < -0.39 is 0 Å². The van der Waals surface area contributed by atoms with E-state index in [0.717, 1.165) is 24.9 Å². The van der Waals surface area contributed by atoms with Gasteiger partial charge in [-0.2, -0.15) is 19.0 Å². The Morgan fingerprint density at radius 2 is 2.06 bits per heavy atom. The van der Waals surface area contributed by atoms with Crippen LogP contribution in [0.25, 0.3) is 0 Å². The normalized spacial score (nSPS) is 23.3. The molecule has 16 heavy (non-hydrogen) atoms. The Kier molecular flexibility index (Phi) is 6.78. The molecule has 1 aromatic rings. The molecule has 0 amide bonds. The van der Waals surface area contributed by atoms with Crippen molar-refractivity contribution in [2.45, 2.75) is 13.0 Å². The van der Waals surface area contributed by atoms with E-state index in [-0.39, 0.29) is 22.4 Å². The molecule has 3 heteroatoms. The van der Waals surface area contributed by atoms with Crippen LogP contribution in [0.5, 0.6) is 0 Å². The molecule has 87 valence electrons. The smallest absolute Gasteiger partial charge is 0.0715 e. The number of benzene rings is 1. The van der Waals surface area contributed by atoms with Crippen molar-refractivity contribution in [3.63, 3.8) is 0 Å². The molecule has 1 nitrogen and oxygen atoms in total. The van der Waals surface area contributed by atoms with Crippen molar-refractivity contribution in [1.29, 1.82) is 0 Å². The van der Waals surface area contributed by atoms with Gasteiger partial charge >= 0.3 is 0 Å². The molecular formula is C13H17OSTa-. The van der Waals surface area contributed by atoms with Gasteiger partial charge in [-0.3, -0.25) is 0 Å². The van der Waals surface area contributed by atoms with Gasteiger partial charge in [-0.25, -0.2) is 0 Å². The molecule has 0 saturated heterocycles. The molecule has 0 N–H and O–H groups in total. The summed E-state index contributed by atoms with van der Waals surface area (Å²) in [5.41, 5.74) is 1.25. The Morgan fingerprint density at radius 1 is 1.31 bits per heavy atom. The molecule has 2 unspecified atom stereocenters. The largest absolute Gasteiger partial charge is 0.379 e.